The van der Waals surface area contributed by atoms with Crippen LogP contribution in [0.5, 0.6) is 5.75 Å². The lowest BCUT2D eigenvalue weighted by Crippen LogP contribution is -2.34. The van der Waals surface area contributed by atoms with Crippen molar-refractivity contribution < 1.29 is 9.84 Å². The maximum Gasteiger partial charge on any atom is 0.127 e. The van der Waals surface area contributed by atoms with Crippen LogP contribution in [0.3, 0.4) is 0 Å². The van der Waals surface area contributed by atoms with Crippen LogP contribution in [0.1, 0.15) is 77.5 Å². The molecule has 0 spiro atoms. The van der Waals surface area contributed by atoms with E-state index in [0.717, 1.165) is 29.9 Å². The Morgan fingerprint density at radius 1 is 1.13 bits per heavy atom. The van der Waals surface area contributed by atoms with E-state index in [1.165, 1.54) is 24.0 Å². The molecule has 1 aliphatic rings. The van der Waals surface area contributed by atoms with Gasteiger partial charge in [-0.1, -0.05) is 40.7 Å². The molecule has 2 heteroatoms. The summed E-state index contributed by atoms with van der Waals surface area (Å²) in [6.07, 6.45) is 5.26. The number of hydrogen-bond acceptors (Lipinski definition) is 2. The zero-order valence-electron chi connectivity index (χ0n) is 15.6. The second-order valence-corrected chi connectivity index (χ2v) is 8.08. The summed E-state index contributed by atoms with van der Waals surface area (Å²) < 4.78 is 6.06. The second kappa shape index (κ2) is 6.68. The fraction of sp³-hybridized carbons (Fsp3) is 0.619. The van der Waals surface area contributed by atoms with Gasteiger partial charge in [-0.15, -0.1) is 0 Å². The normalized spacial score (nSPS) is 19.3. The summed E-state index contributed by atoms with van der Waals surface area (Å²) in [6.45, 7) is 14.3. The summed E-state index contributed by atoms with van der Waals surface area (Å²) in [5.41, 5.74) is 5.42. The van der Waals surface area contributed by atoms with Crippen molar-refractivity contribution >= 4 is 5.57 Å². The van der Waals surface area contributed by atoms with Crippen molar-refractivity contribution in [3.05, 3.63) is 34.9 Å². The molecule has 0 aliphatic heterocycles. The summed E-state index contributed by atoms with van der Waals surface area (Å²) in [4.78, 5) is 0. The molecule has 128 valence electrons. The third kappa shape index (κ3) is 3.63. The number of fused-ring (bicyclic) bond motifs is 1. The Kier molecular flexibility index (Phi) is 5.25. The molecule has 0 saturated carbocycles. The number of benzene rings is 1. The summed E-state index contributed by atoms with van der Waals surface area (Å²) >= 11 is 0. The van der Waals surface area contributed by atoms with E-state index < -0.39 is 0 Å². The minimum Gasteiger partial charge on any atom is -0.493 e. The molecule has 0 amide bonds. The van der Waals surface area contributed by atoms with Gasteiger partial charge in [0.25, 0.3) is 0 Å². The van der Waals surface area contributed by atoms with Gasteiger partial charge in [-0.3, -0.25) is 0 Å². The molecule has 1 N–H and O–H groups in total. The highest BCUT2D eigenvalue weighted by Crippen LogP contribution is 2.48. The molecule has 0 fully saturated rings. The van der Waals surface area contributed by atoms with E-state index in [4.69, 9.17) is 4.74 Å². The van der Waals surface area contributed by atoms with Gasteiger partial charge in [0.1, 0.15) is 5.75 Å². The third-order valence-corrected chi connectivity index (χ3v) is 5.24. The molecule has 0 atom stereocenters. The summed E-state index contributed by atoms with van der Waals surface area (Å²) in [7, 11) is 0. The van der Waals surface area contributed by atoms with E-state index in [1.54, 1.807) is 0 Å². The third-order valence-electron chi connectivity index (χ3n) is 5.24. The maximum absolute atomic E-state index is 9.27. The van der Waals surface area contributed by atoms with Crippen LogP contribution in [0, 0.1) is 0 Å². The van der Waals surface area contributed by atoms with Crippen molar-refractivity contribution in [1.29, 1.82) is 0 Å². The Balaban J connectivity index is 2.65. The number of aliphatic hydroxyl groups is 1. The predicted octanol–water partition coefficient (Wildman–Crippen LogP) is 5.22. The van der Waals surface area contributed by atoms with Crippen LogP contribution in [-0.4, -0.2) is 18.3 Å². The molecule has 0 aromatic heterocycles. The smallest absolute Gasteiger partial charge is 0.127 e. The van der Waals surface area contributed by atoms with Crippen LogP contribution in [-0.2, 0) is 10.8 Å². The average Bonchev–Trinajstić information content (AvgIpc) is 2.49. The van der Waals surface area contributed by atoms with Gasteiger partial charge in [0.05, 0.1) is 13.2 Å². The van der Waals surface area contributed by atoms with E-state index in [1.807, 2.05) is 6.08 Å². The van der Waals surface area contributed by atoms with Gasteiger partial charge in [-0.05, 0) is 65.8 Å². The molecule has 2 rings (SSSR count). The quantitative estimate of drug-likeness (QED) is 0.807. The molecule has 0 saturated heterocycles. The van der Waals surface area contributed by atoms with Gasteiger partial charge in [0.15, 0.2) is 0 Å². The minimum absolute atomic E-state index is 0.0605. The van der Waals surface area contributed by atoms with Gasteiger partial charge < -0.3 is 9.84 Å². The molecular weight excluding hydrogens is 284 g/mol. The fourth-order valence-corrected chi connectivity index (χ4v) is 3.48. The number of rotatable bonds is 5. The van der Waals surface area contributed by atoms with E-state index in [-0.39, 0.29) is 17.4 Å². The average molecular weight is 316 g/mol. The summed E-state index contributed by atoms with van der Waals surface area (Å²) in [5.74, 6) is 0.957. The van der Waals surface area contributed by atoms with Crippen molar-refractivity contribution in [1.82, 2.24) is 0 Å². The minimum atomic E-state index is 0.0605. The van der Waals surface area contributed by atoms with E-state index in [9.17, 15) is 5.11 Å². The van der Waals surface area contributed by atoms with Crippen molar-refractivity contribution in [3.8, 4) is 5.75 Å². The molecule has 0 unspecified atom stereocenters. The molecule has 0 heterocycles. The molecule has 0 radical (unpaired) electrons. The highest BCUT2D eigenvalue weighted by molar-refractivity contribution is 5.71. The number of allylic oxidation sites excluding steroid dienone is 1. The Labute approximate surface area is 141 Å². The van der Waals surface area contributed by atoms with Gasteiger partial charge in [-0.25, -0.2) is 0 Å². The summed E-state index contributed by atoms with van der Waals surface area (Å²) in [5, 5.41) is 9.27. The summed E-state index contributed by atoms with van der Waals surface area (Å²) in [6, 6.07) is 4.57. The van der Waals surface area contributed by atoms with Gasteiger partial charge in [0, 0.05) is 5.56 Å². The Hall–Kier alpha value is -1.28. The predicted molar refractivity (Wildman–Crippen MR) is 98.3 cm³/mol. The zero-order chi connectivity index (χ0) is 17.3. The number of ether oxygens (including phenoxy) is 1. The van der Waals surface area contributed by atoms with E-state index >= 15 is 0 Å². The Morgan fingerprint density at radius 3 is 2.22 bits per heavy atom. The maximum atomic E-state index is 9.27. The molecular formula is C21H32O2. The number of hydrogen-bond donors (Lipinski definition) is 1. The SMILES string of the molecule is CCCOc1cc2c(cc1/C(C)=C\CO)C(C)(C)CCC2(C)C. The fourth-order valence-electron chi connectivity index (χ4n) is 3.48. The van der Waals surface area contributed by atoms with Crippen LogP contribution in [0.2, 0.25) is 0 Å². The topological polar surface area (TPSA) is 29.5 Å². The second-order valence-electron chi connectivity index (χ2n) is 8.08. The van der Waals surface area contributed by atoms with Crippen molar-refractivity contribution in [2.75, 3.05) is 13.2 Å². The monoisotopic (exact) mass is 316 g/mol. The van der Waals surface area contributed by atoms with Crippen LogP contribution in [0.15, 0.2) is 18.2 Å². The largest absolute Gasteiger partial charge is 0.493 e. The molecule has 1 aromatic rings. The van der Waals surface area contributed by atoms with Gasteiger partial charge in [0.2, 0.25) is 0 Å². The first-order valence-electron chi connectivity index (χ1n) is 8.82. The van der Waals surface area contributed by atoms with Crippen LogP contribution in [0.4, 0.5) is 0 Å². The highest BCUT2D eigenvalue weighted by atomic mass is 16.5. The molecule has 23 heavy (non-hydrogen) atoms. The standard InChI is InChI=1S/C21H32O2/c1-7-12-23-19-14-18-17(13-16(19)15(2)8-11-22)20(3,4)9-10-21(18,5)6/h8,13-14,22H,7,9-12H2,1-6H3/b15-8-. The van der Waals surface area contributed by atoms with Gasteiger partial charge >= 0.3 is 0 Å². The first-order chi connectivity index (χ1) is 10.7. The Morgan fingerprint density at radius 2 is 1.70 bits per heavy atom. The number of aliphatic hydroxyl groups excluding tert-OH is 1. The Bertz CT molecular complexity index is 594. The molecule has 1 aliphatic carbocycles. The van der Waals surface area contributed by atoms with Crippen molar-refractivity contribution in [2.24, 2.45) is 0 Å². The van der Waals surface area contributed by atoms with Gasteiger partial charge in [-0.2, -0.15) is 0 Å². The molecule has 0 bridgehead atoms. The lowest BCUT2D eigenvalue weighted by Gasteiger charge is -2.42. The van der Waals surface area contributed by atoms with Crippen LogP contribution >= 0.6 is 0 Å². The first kappa shape index (κ1) is 18.1. The lowest BCUT2D eigenvalue weighted by atomic mass is 9.62. The van der Waals surface area contributed by atoms with Crippen molar-refractivity contribution in [2.45, 2.75) is 71.6 Å². The van der Waals surface area contributed by atoms with Crippen LogP contribution < -0.4 is 4.74 Å². The lowest BCUT2D eigenvalue weighted by molar-refractivity contribution is 0.306. The highest BCUT2D eigenvalue weighted by Gasteiger charge is 2.38. The van der Waals surface area contributed by atoms with Crippen LogP contribution in [0.25, 0.3) is 5.57 Å². The first-order valence-corrected chi connectivity index (χ1v) is 8.82. The molecule has 1 aromatic carbocycles. The van der Waals surface area contributed by atoms with Crippen molar-refractivity contribution in [3.63, 3.8) is 0 Å². The zero-order valence-corrected chi connectivity index (χ0v) is 15.6. The van der Waals surface area contributed by atoms with E-state index in [2.05, 4.69) is 53.7 Å². The van der Waals surface area contributed by atoms with E-state index in [0.29, 0.717) is 0 Å². The molecule has 2 nitrogen and oxygen atoms in total.